The van der Waals surface area contributed by atoms with Crippen LogP contribution in [0.2, 0.25) is 0 Å². The van der Waals surface area contributed by atoms with Gasteiger partial charge in [0.05, 0.1) is 24.2 Å². The van der Waals surface area contributed by atoms with E-state index in [0.29, 0.717) is 12.8 Å². The van der Waals surface area contributed by atoms with E-state index in [-0.39, 0.29) is 18.3 Å². The first kappa shape index (κ1) is 17.6. The van der Waals surface area contributed by atoms with E-state index >= 15 is 0 Å². The molecule has 0 radical (unpaired) electrons. The fraction of sp³-hybridized carbons (Fsp3) is 0.667. The Morgan fingerprint density at radius 1 is 1.52 bits per heavy atom. The van der Waals surface area contributed by atoms with Crippen molar-refractivity contribution in [1.29, 1.82) is 0 Å². The summed E-state index contributed by atoms with van der Waals surface area (Å²) in [4.78, 5) is 27.6. The second-order valence-corrected chi connectivity index (χ2v) is 6.48. The SMILES string of the molecule is CC1OC(n2ccc(NC(=O)CC(C)(C)O)nc2=O)CCC1O. The van der Waals surface area contributed by atoms with E-state index < -0.39 is 29.5 Å². The largest absolute Gasteiger partial charge is 0.390 e. The van der Waals surface area contributed by atoms with Crippen LogP contribution in [0.25, 0.3) is 0 Å². The molecule has 8 nitrogen and oxygen atoms in total. The molecule has 1 aromatic heterocycles. The lowest BCUT2D eigenvalue weighted by Crippen LogP contribution is -2.39. The third-order valence-corrected chi connectivity index (χ3v) is 3.62. The highest BCUT2D eigenvalue weighted by Gasteiger charge is 2.28. The van der Waals surface area contributed by atoms with Crippen molar-refractivity contribution < 1.29 is 19.7 Å². The maximum absolute atomic E-state index is 12.1. The van der Waals surface area contributed by atoms with E-state index in [4.69, 9.17) is 4.74 Å². The molecule has 1 amide bonds. The molecule has 3 unspecified atom stereocenters. The topological polar surface area (TPSA) is 114 Å². The standard InChI is InChI=1S/C15H23N3O5/c1-9-10(19)4-5-13(23-9)18-7-6-11(17-14(18)21)16-12(20)8-15(2,3)22/h6-7,9-10,13,19,22H,4-5,8H2,1-3H3,(H,16,17,20,21). The monoisotopic (exact) mass is 325 g/mol. The lowest BCUT2D eigenvalue weighted by atomic mass is 10.1. The number of rotatable bonds is 4. The average molecular weight is 325 g/mol. The minimum atomic E-state index is -1.13. The summed E-state index contributed by atoms with van der Waals surface area (Å²) in [7, 11) is 0. The van der Waals surface area contributed by atoms with Crippen molar-refractivity contribution in [2.45, 2.75) is 64.1 Å². The summed E-state index contributed by atoms with van der Waals surface area (Å²) in [6.45, 7) is 4.79. The number of nitrogens with one attached hydrogen (secondary N) is 1. The molecular formula is C15H23N3O5. The molecule has 0 spiro atoms. The quantitative estimate of drug-likeness (QED) is 0.738. The number of amides is 1. The molecule has 3 atom stereocenters. The first-order chi connectivity index (χ1) is 10.7. The van der Waals surface area contributed by atoms with Crippen LogP contribution in [-0.4, -0.2) is 43.5 Å². The highest BCUT2D eigenvalue weighted by atomic mass is 16.5. The molecule has 3 N–H and O–H groups in total. The van der Waals surface area contributed by atoms with Crippen molar-refractivity contribution in [3.8, 4) is 0 Å². The number of aliphatic hydroxyl groups is 2. The summed E-state index contributed by atoms with van der Waals surface area (Å²) in [6, 6.07) is 1.50. The smallest absolute Gasteiger partial charge is 0.351 e. The lowest BCUT2D eigenvalue weighted by Gasteiger charge is -2.32. The summed E-state index contributed by atoms with van der Waals surface area (Å²) in [5, 5.41) is 21.7. The van der Waals surface area contributed by atoms with Crippen molar-refractivity contribution in [3.63, 3.8) is 0 Å². The van der Waals surface area contributed by atoms with Crippen LogP contribution in [0.1, 0.15) is 46.3 Å². The lowest BCUT2D eigenvalue weighted by molar-refractivity contribution is -0.139. The molecule has 0 bridgehead atoms. The molecule has 1 aliphatic rings. The summed E-state index contributed by atoms with van der Waals surface area (Å²) in [5.41, 5.74) is -1.67. The van der Waals surface area contributed by atoms with E-state index in [1.54, 1.807) is 6.92 Å². The molecule has 0 saturated carbocycles. The molecule has 128 valence electrons. The number of hydrogen-bond acceptors (Lipinski definition) is 6. The highest BCUT2D eigenvalue weighted by Crippen LogP contribution is 2.25. The number of hydrogen-bond donors (Lipinski definition) is 3. The third kappa shape index (κ3) is 4.85. The van der Waals surface area contributed by atoms with E-state index in [1.807, 2.05) is 0 Å². The number of aromatic nitrogens is 2. The molecule has 1 fully saturated rings. The van der Waals surface area contributed by atoms with Crippen LogP contribution in [0, 0.1) is 0 Å². The predicted octanol–water partition coefficient (Wildman–Crippen LogP) is 0.401. The number of carbonyl (C=O) groups is 1. The van der Waals surface area contributed by atoms with Gasteiger partial charge in [0, 0.05) is 6.20 Å². The zero-order chi connectivity index (χ0) is 17.2. The second kappa shape index (κ2) is 6.77. The molecule has 1 aromatic rings. The minimum Gasteiger partial charge on any atom is -0.390 e. The number of anilines is 1. The van der Waals surface area contributed by atoms with Gasteiger partial charge in [-0.15, -0.1) is 0 Å². The Morgan fingerprint density at radius 3 is 2.78 bits per heavy atom. The van der Waals surface area contributed by atoms with Crippen LogP contribution in [0.4, 0.5) is 5.82 Å². The Morgan fingerprint density at radius 2 is 2.22 bits per heavy atom. The van der Waals surface area contributed by atoms with Gasteiger partial charge in [-0.3, -0.25) is 9.36 Å². The molecular weight excluding hydrogens is 302 g/mol. The van der Waals surface area contributed by atoms with Gasteiger partial charge in [0.15, 0.2) is 0 Å². The van der Waals surface area contributed by atoms with Gasteiger partial charge in [0.1, 0.15) is 12.0 Å². The predicted molar refractivity (Wildman–Crippen MR) is 82.9 cm³/mol. The van der Waals surface area contributed by atoms with Crippen LogP contribution in [0.5, 0.6) is 0 Å². The summed E-state index contributed by atoms with van der Waals surface area (Å²) < 4.78 is 6.95. The molecule has 8 heteroatoms. The Balaban J connectivity index is 2.06. The second-order valence-electron chi connectivity index (χ2n) is 6.48. The third-order valence-electron chi connectivity index (χ3n) is 3.62. The van der Waals surface area contributed by atoms with Gasteiger partial charge in [0.2, 0.25) is 5.91 Å². The zero-order valence-electron chi connectivity index (χ0n) is 13.5. The Labute approximate surface area is 134 Å². The summed E-state index contributed by atoms with van der Waals surface area (Å²) >= 11 is 0. The number of carbonyl (C=O) groups excluding carboxylic acids is 1. The van der Waals surface area contributed by atoms with Gasteiger partial charge in [-0.2, -0.15) is 4.98 Å². The maximum Gasteiger partial charge on any atom is 0.351 e. The number of aliphatic hydroxyl groups excluding tert-OH is 1. The maximum atomic E-state index is 12.1. The van der Waals surface area contributed by atoms with E-state index in [1.165, 1.54) is 30.7 Å². The van der Waals surface area contributed by atoms with Gasteiger partial charge in [0.25, 0.3) is 0 Å². The Bertz CT molecular complexity index is 622. The van der Waals surface area contributed by atoms with E-state index in [0.717, 1.165) is 0 Å². The average Bonchev–Trinajstić information content (AvgIpc) is 2.40. The summed E-state index contributed by atoms with van der Waals surface area (Å²) in [5.74, 6) is -0.294. The van der Waals surface area contributed by atoms with Gasteiger partial charge >= 0.3 is 5.69 Å². The Kier molecular flexibility index (Phi) is 5.18. The molecule has 1 aliphatic heterocycles. The van der Waals surface area contributed by atoms with Crippen LogP contribution in [-0.2, 0) is 9.53 Å². The van der Waals surface area contributed by atoms with Crippen molar-refractivity contribution in [2.75, 3.05) is 5.32 Å². The molecule has 23 heavy (non-hydrogen) atoms. The zero-order valence-corrected chi connectivity index (χ0v) is 13.5. The van der Waals surface area contributed by atoms with Crippen molar-refractivity contribution in [3.05, 3.63) is 22.7 Å². The fourth-order valence-corrected chi connectivity index (χ4v) is 2.44. The first-order valence-electron chi connectivity index (χ1n) is 7.60. The van der Waals surface area contributed by atoms with Gasteiger partial charge in [-0.05, 0) is 39.7 Å². The van der Waals surface area contributed by atoms with Crippen LogP contribution in [0.3, 0.4) is 0 Å². The van der Waals surface area contributed by atoms with Crippen LogP contribution in [0.15, 0.2) is 17.1 Å². The van der Waals surface area contributed by atoms with E-state index in [2.05, 4.69) is 10.3 Å². The molecule has 0 aliphatic carbocycles. The molecule has 1 saturated heterocycles. The normalized spacial score (nSPS) is 25.2. The van der Waals surface area contributed by atoms with Gasteiger partial charge in [-0.1, -0.05) is 0 Å². The van der Waals surface area contributed by atoms with Gasteiger partial charge < -0.3 is 20.3 Å². The summed E-state index contributed by atoms with van der Waals surface area (Å²) in [6.07, 6.45) is 1.10. The molecule has 2 heterocycles. The van der Waals surface area contributed by atoms with Crippen molar-refractivity contribution in [1.82, 2.24) is 9.55 Å². The van der Waals surface area contributed by atoms with E-state index in [9.17, 15) is 19.8 Å². The number of ether oxygens (including phenoxy) is 1. The highest BCUT2D eigenvalue weighted by molar-refractivity contribution is 5.90. The van der Waals surface area contributed by atoms with Crippen LogP contribution < -0.4 is 11.0 Å². The van der Waals surface area contributed by atoms with Crippen molar-refractivity contribution in [2.24, 2.45) is 0 Å². The first-order valence-corrected chi connectivity index (χ1v) is 7.60. The van der Waals surface area contributed by atoms with Gasteiger partial charge in [-0.25, -0.2) is 4.79 Å². The molecule has 0 aromatic carbocycles. The van der Waals surface area contributed by atoms with Crippen molar-refractivity contribution >= 4 is 11.7 Å². The molecule has 2 rings (SSSR count). The minimum absolute atomic E-state index is 0.0983. The Hall–Kier alpha value is -1.77. The fourth-order valence-electron chi connectivity index (χ4n) is 2.44. The van der Waals surface area contributed by atoms with Crippen LogP contribution >= 0.6 is 0 Å². The number of nitrogens with zero attached hydrogens (tertiary/aromatic N) is 2.